The Morgan fingerprint density at radius 1 is 1.00 bits per heavy atom. The van der Waals surface area contributed by atoms with Gasteiger partial charge in [0, 0.05) is 59.8 Å². The van der Waals surface area contributed by atoms with Crippen LogP contribution in [0.5, 0.6) is 0 Å². The van der Waals surface area contributed by atoms with Gasteiger partial charge in [0.15, 0.2) is 15.2 Å². The van der Waals surface area contributed by atoms with Crippen LogP contribution < -0.4 is 5.32 Å². The molecule has 2 aliphatic heterocycles. The molecule has 1 saturated heterocycles. The molecule has 4 heterocycles. The molecule has 0 aliphatic carbocycles. The Kier molecular flexibility index (Phi) is 7.42. The van der Waals surface area contributed by atoms with Gasteiger partial charge in [-0.2, -0.15) is 0 Å². The number of sulfone groups is 1. The van der Waals surface area contributed by atoms with Crippen LogP contribution in [0.3, 0.4) is 0 Å². The maximum absolute atomic E-state index is 13.4. The van der Waals surface area contributed by atoms with E-state index in [0.717, 1.165) is 37.1 Å². The Morgan fingerprint density at radius 2 is 1.78 bits per heavy atom. The van der Waals surface area contributed by atoms with Crippen molar-refractivity contribution in [2.45, 2.75) is 30.1 Å². The van der Waals surface area contributed by atoms with E-state index in [2.05, 4.69) is 27.4 Å². The maximum Gasteiger partial charge on any atom is 0.257 e. The largest absolute Gasteiger partial charge is 0.392 e. The standard InChI is InChI=1S/C31H31N5O4S/c1-35-16-12-26(13-17-35)40-34-29(22-7-3-2-4-8-22)23-9-5-11-25(19-23)33-30(37)27-14-18-36-28(27)21-41(38,39)31(36)24-10-6-15-32-20-24/h2-11,14-15,18-20,26,31H,12-13,16-17,21H2,1H3,(H,33,37)/b34-29-. The van der Waals surface area contributed by atoms with Gasteiger partial charge >= 0.3 is 0 Å². The number of carbonyl (C=O) groups is 1. The second-order valence-corrected chi connectivity index (χ2v) is 12.5. The zero-order valence-corrected chi connectivity index (χ0v) is 23.5. The van der Waals surface area contributed by atoms with Crippen LogP contribution in [0.15, 0.2) is 96.5 Å². The Bertz CT molecular complexity index is 1680. The van der Waals surface area contributed by atoms with E-state index in [-0.39, 0.29) is 17.8 Å². The van der Waals surface area contributed by atoms with E-state index in [0.29, 0.717) is 28.2 Å². The Balaban J connectivity index is 1.25. The summed E-state index contributed by atoms with van der Waals surface area (Å²) >= 11 is 0. The maximum atomic E-state index is 13.4. The van der Waals surface area contributed by atoms with Crippen molar-refractivity contribution in [2.75, 3.05) is 25.5 Å². The van der Waals surface area contributed by atoms with Gasteiger partial charge in [0.05, 0.1) is 11.3 Å². The fourth-order valence-electron chi connectivity index (χ4n) is 5.42. The molecule has 1 amide bonds. The molecule has 1 atom stereocenters. The van der Waals surface area contributed by atoms with Crippen LogP contribution in [-0.2, 0) is 20.4 Å². The van der Waals surface area contributed by atoms with Gasteiger partial charge in [0.2, 0.25) is 0 Å². The predicted molar refractivity (Wildman–Crippen MR) is 158 cm³/mol. The van der Waals surface area contributed by atoms with Crippen molar-refractivity contribution < 1.29 is 18.0 Å². The minimum absolute atomic E-state index is 0.0523. The minimum Gasteiger partial charge on any atom is -0.392 e. The van der Waals surface area contributed by atoms with Crippen LogP contribution in [-0.4, -0.2) is 60.7 Å². The second kappa shape index (κ2) is 11.3. The Morgan fingerprint density at radius 3 is 2.54 bits per heavy atom. The second-order valence-electron chi connectivity index (χ2n) is 10.5. The van der Waals surface area contributed by atoms with E-state index in [9.17, 15) is 13.2 Å². The number of nitrogens with zero attached hydrogens (tertiary/aromatic N) is 4. The van der Waals surface area contributed by atoms with Gasteiger partial charge in [0.1, 0.15) is 11.8 Å². The predicted octanol–water partition coefficient (Wildman–Crippen LogP) is 4.47. The molecule has 9 nitrogen and oxygen atoms in total. The number of aromatic nitrogens is 2. The number of fused-ring (bicyclic) bond motifs is 1. The molecule has 2 aromatic heterocycles. The van der Waals surface area contributed by atoms with Crippen LogP contribution in [0.25, 0.3) is 0 Å². The smallest absolute Gasteiger partial charge is 0.257 e. The average molecular weight is 570 g/mol. The van der Waals surface area contributed by atoms with Crippen molar-refractivity contribution in [3.05, 3.63) is 119 Å². The molecule has 2 aliphatic rings. The zero-order chi connectivity index (χ0) is 28.4. The van der Waals surface area contributed by atoms with E-state index in [1.165, 1.54) is 0 Å². The first-order valence-corrected chi connectivity index (χ1v) is 15.3. The molecule has 1 fully saturated rings. The monoisotopic (exact) mass is 569 g/mol. The quantitative estimate of drug-likeness (QED) is 0.260. The number of benzene rings is 2. The molecule has 6 rings (SSSR count). The summed E-state index contributed by atoms with van der Waals surface area (Å²) in [4.78, 5) is 25.8. The lowest BCUT2D eigenvalue weighted by atomic mass is 10.0. The van der Waals surface area contributed by atoms with Crippen molar-refractivity contribution in [3.8, 4) is 0 Å². The Hall–Kier alpha value is -4.28. The molecular formula is C31H31N5O4S. The highest BCUT2D eigenvalue weighted by Gasteiger charge is 2.40. The molecule has 0 spiro atoms. The molecule has 0 radical (unpaired) electrons. The van der Waals surface area contributed by atoms with Crippen LogP contribution in [0, 0.1) is 0 Å². The molecule has 1 N–H and O–H groups in total. The van der Waals surface area contributed by atoms with Crippen molar-refractivity contribution in [3.63, 3.8) is 0 Å². The molecule has 10 heteroatoms. The highest BCUT2D eigenvalue weighted by atomic mass is 32.2. The molecule has 2 aromatic carbocycles. The molecule has 210 valence electrons. The van der Waals surface area contributed by atoms with Gasteiger partial charge < -0.3 is 19.6 Å². The topological polar surface area (TPSA) is 106 Å². The van der Waals surface area contributed by atoms with Crippen molar-refractivity contribution in [1.29, 1.82) is 0 Å². The van der Waals surface area contributed by atoms with Crippen molar-refractivity contribution >= 4 is 27.1 Å². The van der Waals surface area contributed by atoms with Crippen LogP contribution in [0.1, 0.15) is 51.0 Å². The number of rotatable bonds is 7. The molecule has 0 saturated carbocycles. The van der Waals surface area contributed by atoms with Gasteiger partial charge in [-0.1, -0.05) is 53.7 Å². The highest BCUT2D eigenvalue weighted by molar-refractivity contribution is 7.91. The molecule has 4 aromatic rings. The van der Waals surface area contributed by atoms with Gasteiger partial charge in [-0.05, 0) is 44.2 Å². The van der Waals surface area contributed by atoms with E-state index in [4.69, 9.17) is 4.84 Å². The number of pyridine rings is 1. The molecule has 1 unspecified atom stereocenters. The van der Waals surface area contributed by atoms with E-state index < -0.39 is 15.2 Å². The van der Waals surface area contributed by atoms with Crippen molar-refractivity contribution in [2.24, 2.45) is 5.16 Å². The third-order valence-electron chi connectivity index (χ3n) is 7.57. The van der Waals surface area contributed by atoms with Crippen LogP contribution in [0.4, 0.5) is 5.69 Å². The number of hydrogen-bond donors (Lipinski definition) is 1. The minimum atomic E-state index is -3.54. The Labute approximate surface area is 239 Å². The lowest BCUT2D eigenvalue weighted by Crippen LogP contribution is -2.33. The number of amides is 1. The van der Waals surface area contributed by atoms with Gasteiger partial charge in [0.25, 0.3) is 5.91 Å². The number of carbonyl (C=O) groups excluding carboxylic acids is 1. The summed E-state index contributed by atoms with van der Waals surface area (Å²) in [5.74, 6) is -0.597. The number of anilines is 1. The first-order chi connectivity index (χ1) is 19.9. The fourth-order valence-corrected chi connectivity index (χ4v) is 7.36. The number of nitrogens with one attached hydrogen (secondary N) is 1. The van der Waals surface area contributed by atoms with Gasteiger partial charge in [-0.3, -0.25) is 9.78 Å². The summed E-state index contributed by atoms with van der Waals surface area (Å²) in [6.07, 6.45) is 6.68. The molecular weight excluding hydrogens is 538 g/mol. The van der Waals surface area contributed by atoms with Gasteiger partial charge in [-0.25, -0.2) is 8.42 Å². The summed E-state index contributed by atoms with van der Waals surface area (Å²) in [6.45, 7) is 1.94. The summed E-state index contributed by atoms with van der Waals surface area (Å²) in [5, 5.41) is 6.65. The summed E-state index contributed by atoms with van der Waals surface area (Å²) in [5.41, 5.74) is 4.30. The first-order valence-electron chi connectivity index (χ1n) is 13.6. The van der Waals surface area contributed by atoms with E-state index >= 15 is 0 Å². The lowest BCUT2D eigenvalue weighted by Gasteiger charge is -2.27. The number of piperidine rings is 1. The normalized spacial score (nSPS) is 19.0. The van der Waals surface area contributed by atoms with Gasteiger partial charge in [-0.15, -0.1) is 0 Å². The highest BCUT2D eigenvalue weighted by Crippen LogP contribution is 2.37. The third kappa shape index (κ3) is 5.66. The SMILES string of the molecule is CN1CCC(O/N=C(/c2ccccc2)c2cccc(NC(=O)c3ccn4c3CS(=O)(=O)C4c3cccnc3)c2)CC1. The third-order valence-corrected chi connectivity index (χ3v) is 9.42. The zero-order valence-electron chi connectivity index (χ0n) is 22.7. The summed E-state index contributed by atoms with van der Waals surface area (Å²) in [7, 11) is -1.44. The van der Waals surface area contributed by atoms with Crippen LogP contribution in [0.2, 0.25) is 0 Å². The lowest BCUT2D eigenvalue weighted by molar-refractivity contribution is 0.0163. The number of oxime groups is 1. The summed E-state index contributed by atoms with van der Waals surface area (Å²) < 4.78 is 27.8. The molecule has 0 bridgehead atoms. The van der Waals surface area contributed by atoms with E-state index in [1.54, 1.807) is 47.4 Å². The molecule has 41 heavy (non-hydrogen) atoms. The first kappa shape index (κ1) is 26.9. The van der Waals surface area contributed by atoms with Crippen LogP contribution >= 0.6 is 0 Å². The average Bonchev–Trinajstić information content (AvgIpc) is 3.49. The summed E-state index contributed by atoms with van der Waals surface area (Å²) in [6, 6.07) is 22.4. The van der Waals surface area contributed by atoms with Crippen molar-refractivity contribution in [1.82, 2.24) is 14.5 Å². The number of hydrogen-bond acceptors (Lipinski definition) is 7. The number of likely N-dealkylation sites (tertiary alicyclic amines) is 1. The van der Waals surface area contributed by atoms with E-state index in [1.807, 2.05) is 48.5 Å². The fraction of sp³-hybridized carbons (Fsp3) is 0.258.